The molecule has 7 heteroatoms. The van der Waals surface area contributed by atoms with Crippen molar-refractivity contribution in [1.29, 1.82) is 0 Å². The van der Waals surface area contributed by atoms with Crippen molar-refractivity contribution in [3.8, 4) is 10.6 Å². The van der Waals surface area contributed by atoms with Crippen molar-refractivity contribution in [2.24, 2.45) is 5.92 Å². The number of anilines is 1. The number of nitrogens with zero attached hydrogens (tertiary/aromatic N) is 3. The van der Waals surface area contributed by atoms with Crippen LogP contribution in [0.25, 0.3) is 20.8 Å². The molecule has 3 aliphatic rings. The number of aryl methyl sites for hydroxylation is 1. The lowest BCUT2D eigenvalue weighted by Gasteiger charge is -2.37. The van der Waals surface area contributed by atoms with Gasteiger partial charge in [-0.05, 0) is 74.6 Å². The third-order valence-corrected chi connectivity index (χ3v) is 8.59. The van der Waals surface area contributed by atoms with Crippen LogP contribution in [0, 0.1) is 12.8 Å². The molecule has 6 nitrogen and oxygen atoms in total. The summed E-state index contributed by atoms with van der Waals surface area (Å²) < 4.78 is 1.14. The molecule has 0 radical (unpaired) electrons. The Morgan fingerprint density at radius 2 is 1.74 bits per heavy atom. The Morgan fingerprint density at radius 1 is 1.00 bits per heavy atom. The first kappa shape index (κ1) is 22.4. The van der Waals surface area contributed by atoms with Crippen LogP contribution in [0.1, 0.15) is 56.9 Å². The normalized spacial score (nSPS) is 21.2. The van der Waals surface area contributed by atoms with Crippen molar-refractivity contribution >= 4 is 45.0 Å². The van der Waals surface area contributed by atoms with E-state index >= 15 is 0 Å². The van der Waals surface area contributed by atoms with Gasteiger partial charge >= 0.3 is 0 Å². The number of carbonyl (C=O) groups is 3. The molecule has 0 N–H and O–H groups in total. The van der Waals surface area contributed by atoms with Gasteiger partial charge in [0.25, 0.3) is 5.91 Å². The van der Waals surface area contributed by atoms with Crippen LogP contribution in [-0.2, 0) is 14.4 Å². The molecule has 0 spiro atoms. The van der Waals surface area contributed by atoms with E-state index in [0.29, 0.717) is 5.69 Å². The van der Waals surface area contributed by atoms with Crippen molar-refractivity contribution in [1.82, 2.24) is 9.88 Å². The largest absolute Gasteiger partial charge is 0.327 e. The standard InChI is InChI=1S/C28H29N3O3S/c1-17-7-14-22-24(15-17)35-26(29-22)18-10-12-21(13-11-18)31-25(32)16-23(28(31)34)30(27(33)19-8-9-19)20-5-3-2-4-6-20/h7,10-15,19-20,23H,2-6,8-9,16H2,1H3. The van der Waals surface area contributed by atoms with E-state index in [0.717, 1.165) is 59.3 Å². The number of imide groups is 1. The van der Waals surface area contributed by atoms with Crippen LogP contribution in [0.3, 0.4) is 0 Å². The summed E-state index contributed by atoms with van der Waals surface area (Å²) >= 11 is 1.63. The first-order chi connectivity index (χ1) is 17.0. The first-order valence-electron chi connectivity index (χ1n) is 12.7. The molecule has 35 heavy (non-hydrogen) atoms. The number of hydrogen-bond acceptors (Lipinski definition) is 5. The Kier molecular flexibility index (Phi) is 5.67. The summed E-state index contributed by atoms with van der Waals surface area (Å²) in [5, 5.41) is 0.910. The van der Waals surface area contributed by atoms with Crippen LogP contribution >= 0.6 is 11.3 Å². The molecule has 2 saturated carbocycles. The summed E-state index contributed by atoms with van der Waals surface area (Å²) in [5.41, 5.74) is 3.68. The van der Waals surface area contributed by atoms with Gasteiger partial charge in [0.05, 0.1) is 22.3 Å². The molecule has 3 fully saturated rings. The lowest BCUT2D eigenvalue weighted by molar-refractivity contribution is -0.143. The third kappa shape index (κ3) is 4.16. The molecule has 1 aromatic heterocycles. The van der Waals surface area contributed by atoms with Crippen LogP contribution < -0.4 is 4.90 Å². The fourth-order valence-electron chi connectivity index (χ4n) is 5.50. The molecule has 1 aliphatic heterocycles. The second-order valence-electron chi connectivity index (χ2n) is 10.1. The summed E-state index contributed by atoms with van der Waals surface area (Å²) in [6, 6.07) is 13.1. The predicted octanol–water partition coefficient (Wildman–Crippen LogP) is 5.47. The maximum atomic E-state index is 13.6. The molecule has 1 saturated heterocycles. The van der Waals surface area contributed by atoms with E-state index in [1.54, 1.807) is 11.3 Å². The van der Waals surface area contributed by atoms with Gasteiger partial charge in [0.1, 0.15) is 11.0 Å². The van der Waals surface area contributed by atoms with E-state index in [2.05, 4.69) is 19.1 Å². The Morgan fingerprint density at radius 3 is 2.46 bits per heavy atom. The van der Waals surface area contributed by atoms with Crippen molar-refractivity contribution in [2.75, 3.05) is 4.90 Å². The van der Waals surface area contributed by atoms with E-state index in [9.17, 15) is 14.4 Å². The topological polar surface area (TPSA) is 70.6 Å². The number of benzene rings is 2. The van der Waals surface area contributed by atoms with Gasteiger partial charge in [-0.2, -0.15) is 0 Å². The molecule has 6 rings (SSSR count). The summed E-state index contributed by atoms with van der Waals surface area (Å²) in [5.74, 6) is -0.387. The maximum absolute atomic E-state index is 13.6. The van der Waals surface area contributed by atoms with Gasteiger partial charge in [0.2, 0.25) is 11.8 Å². The minimum Gasteiger partial charge on any atom is -0.327 e. The van der Waals surface area contributed by atoms with E-state index in [4.69, 9.17) is 4.98 Å². The maximum Gasteiger partial charge on any atom is 0.257 e. The average Bonchev–Trinajstić information content (AvgIpc) is 3.57. The van der Waals surface area contributed by atoms with Crippen molar-refractivity contribution in [2.45, 2.75) is 70.4 Å². The van der Waals surface area contributed by atoms with Crippen LogP contribution in [0.2, 0.25) is 0 Å². The highest BCUT2D eigenvalue weighted by molar-refractivity contribution is 7.21. The van der Waals surface area contributed by atoms with Crippen molar-refractivity contribution in [3.05, 3.63) is 48.0 Å². The average molecular weight is 488 g/mol. The van der Waals surface area contributed by atoms with Gasteiger partial charge < -0.3 is 4.90 Å². The zero-order valence-electron chi connectivity index (χ0n) is 19.9. The summed E-state index contributed by atoms with van der Waals surface area (Å²) in [6.45, 7) is 2.07. The van der Waals surface area contributed by atoms with E-state index in [1.165, 1.54) is 16.9 Å². The number of amides is 3. The van der Waals surface area contributed by atoms with Gasteiger partial charge in [-0.3, -0.25) is 14.4 Å². The second-order valence-corrected chi connectivity index (χ2v) is 11.2. The Labute approximate surface area is 208 Å². The first-order valence-corrected chi connectivity index (χ1v) is 13.5. The summed E-state index contributed by atoms with van der Waals surface area (Å²) in [4.78, 5) is 47.7. The van der Waals surface area contributed by atoms with E-state index in [-0.39, 0.29) is 36.1 Å². The highest BCUT2D eigenvalue weighted by Gasteiger charge is 2.49. The minimum absolute atomic E-state index is 0.0331. The number of thiazole rings is 1. The molecule has 3 amide bonds. The molecule has 1 unspecified atom stereocenters. The SMILES string of the molecule is Cc1ccc2nc(-c3ccc(N4C(=O)CC(N(C(=O)C5CC5)C5CCCCC5)C4=O)cc3)sc2c1. The zero-order valence-corrected chi connectivity index (χ0v) is 20.7. The minimum atomic E-state index is -0.675. The van der Waals surface area contributed by atoms with Crippen LogP contribution in [0.15, 0.2) is 42.5 Å². The number of hydrogen-bond donors (Lipinski definition) is 0. The van der Waals surface area contributed by atoms with E-state index in [1.807, 2.05) is 35.2 Å². The molecule has 2 aromatic carbocycles. The number of aromatic nitrogens is 1. The van der Waals surface area contributed by atoms with Crippen LogP contribution in [0.5, 0.6) is 0 Å². The number of rotatable bonds is 5. The number of fused-ring (bicyclic) bond motifs is 1. The lowest BCUT2D eigenvalue weighted by Crippen LogP contribution is -2.52. The third-order valence-electron chi connectivity index (χ3n) is 7.52. The molecular formula is C28H29N3O3S. The Bertz CT molecular complexity index is 1300. The highest BCUT2D eigenvalue weighted by atomic mass is 32.1. The Hall–Kier alpha value is -3.06. The summed E-state index contributed by atoms with van der Waals surface area (Å²) in [7, 11) is 0. The quantitative estimate of drug-likeness (QED) is 0.447. The van der Waals surface area contributed by atoms with E-state index < -0.39 is 6.04 Å². The fourth-order valence-corrected chi connectivity index (χ4v) is 6.57. The van der Waals surface area contributed by atoms with Crippen LogP contribution in [0.4, 0.5) is 5.69 Å². The predicted molar refractivity (Wildman–Crippen MR) is 137 cm³/mol. The van der Waals surface area contributed by atoms with Crippen molar-refractivity contribution < 1.29 is 14.4 Å². The van der Waals surface area contributed by atoms with Crippen LogP contribution in [-0.4, -0.2) is 39.7 Å². The molecule has 2 heterocycles. The highest BCUT2D eigenvalue weighted by Crippen LogP contribution is 2.38. The zero-order chi connectivity index (χ0) is 24.1. The van der Waals surface area contributed by atoms with Gasteiger partial charge in [0.15, 0.2) is 0 Å². The lowest BCUT2D eigenvalue weighted by atomic mass is 9.92. The van der Waals surface area contributed by atoms with Gasteiger partial charge in [-0.15, -0.1) is 11.3 Å². The fraction of sp³-hybridized carbons (Fsp3) is 0.429. The van der Waals surface area contributed by atoms with Crippen molar-refractivity contribution in [3.63, 3.8) is 0 Å². The second kappa shape index (κ2) is 8.86. The smallest absolute Gasteiger partial charge is 0.257 e. The molecular weight excluding hydrogens is 458 g/mol. The molecule has 0 bridgehead atoms. The summed E-state index contributed by atoms with van der Waals surface area (Å²) in [6.07, 6.45) is 7.04. The van der Waals surface area contributed by atoms with Gasteiger partial charge in [-0.25, -0.2) is 9.88 Å². The molecule has 2 aliphatic carbocycles. The molecule has 180 valence electrons. The number of carbonyl (C=O) groups excluding carboxylic acids is 3. The van der Waals surface area contributed by atoms with Gasteiger partial charge in [0, 0.05) is 17.5 Å². The Balaban J connectivity index is 1.25. The monoisotopic (exact) mass is 487 g/mol. The molecule has 3 aromatic rings. The van der Waals surface area contributed by atoms with Gasteiger partial charge in [-0.1, -0.05) is 25.3 Å². The molecule has 1 atom stereocenters.